The van der Waals surface area contributed by atoms with E-state index >= 15 is 0 Å². The van der Waals surface area contributed by atoms with Crippen LogP contribution in [0.2, 0.25) is 10.0 Å². The molecule has 2 atom stereocenters. The van der Waals surface area contributed by atoms with Gasteiger partial charge in [0, 0.05) is 30.7 Å². The first-order chi connectivity index (χ1) is 9.51. The van der Waals surface area contributed by atoms with Crippen LogP contribution in [-0.2, 0) is 0 Å². The standard InChI is InChI=1S/C14H14BrCl2NS2/c1-2-11(18)14(13-5-8(15)7-19-13)20-12-6-9(16)3-4-10(12)17/h3-7,11,14H,2,18H2,1H3. The summed E-state index contributed by atoms with van der Waals surface area (Å²) < 4.78 is 1.09. The zero-order valence-corrected chi connectivity index (χ0v) is 15.5. The van der Waals surface area contributed by atoms with E-state index in [4.69, 9.17) is 28.9 Å². The Morgan fingerprint density at radius 1 is 1.35 bits per heavy atom. The van der Waals surface area contributed by atoms with Crippen LogP contribution >= 0.6 is 62.2 Å². The van der Waals surface area contributed by atoms with Gasteiger partial charge in [0.25, 0.3) is 0 Å². The molecule has 0 aliphatic heterocycles. The lowest BCUT2D eigenvalue weighted by Gasteiger charge is -2.22. The van der Waals surface area contributed by atoms with Gasteiger partial charge in [-0.1, -0.05) is 30.1 Å². The van der Waals surface area contributed by atoms with Gasteiger partial charge in [-0.05, 0) is 46.6 Å². The molecule has 2 N–H and O–H groups in total. The van der Waals surface area contributed by atoms with Crippen molar-refractivity contribution < 1.29 is 0 Å². The van der Waals surface area contributed by atoms with Crippen LogP contribution in [0.25, 0.3) is 0 Å². The van der Waals surface area contributed by atoms with Crippen molar-refractivity contribution in [1.82, 2.24) is 0 Å². The van der Waals surface area contributed by atoms with Crippen LogP contribution in [-0.4, -0.2) is 6.04 Å². The number of hydrogen-bond donors (Lipinski definition) is 1. The van der Waals surface area contributed by atoms with Crippen molar-refractivity contribution in [2.45, 2.75) is 29.5 Å². The SMILES string of the molecule is CCC(N)C(Sc1cc(Cl)ccc1Cl)c1cc(Br)cs1. The maximum absolute atomic E-state index is 6.29. The average Bonchev–Trinajstić information content (AvgIpc) is 2.85. The molecule has 1 nitrogen and oxygen atoms in total. The predicted molar refractivity (Wildman–Crippen MR) is 95.3 cm³/mol. The van der Waals surface area contributed by atoms with Crippen molar-refractivity contribution in [2.75, 3.05) is 0 Å². The molecule has 0 amide bonds. The van der Waals surface area contributed by atoms with Crippen LogP contribution in [0.1, 0.15) is 23.5 Å². The van der Waals surface area contributed by atoms with Crippen LogP contribution < -0.4 is 5.73 Å². The van der Waals surface area contributed by atoms with Gasteiger partial charge in [0.15, 0.2) is 0 Å². The van der Waals surface area contributed by atoms with Crippen LogP contribution in [0.4, 0.5) is 0 Å². The Morgan fingerprint density at radius 3 is 2.70 bits per heavy atom. The fourth-order valence-electron chi connectivity index (χ4n) is 1.75. The van der Waals surface area contributed by atoms with E-state index in [0.29, 0.717) is 10.0 Å². The number of thioether (sulfide) groups is 1. The molecule has 0 saturated heterocycles. The second-order valence-electron chi connectivity index (χ2n) is 4.35. The topological polar surface area (TPSA) is 26.0 Å². The lowest BCUT2D eigenvalue weighted by Crippen LogP contribution is -2.25. The normalized spacial score (nSPS) is 14.2. The number of thiophene rings is 1. The second-order valence-corrected chi connectivity index (χ2v) is 8.24. The second kappa shape index (κ2) is 7.52. The maximum Gasteiger partial charge on any atom is 0.0590 e. The van der Waals surface area contributed by atoms with Gasteiger partial charge < -0.3 is 5.73 Å². The summed E-state index contributed by atoms with van der Waals surface area (Å²) in [6.07, 6.45) is 0.908. The Balaban J connectivity index is 2.30. The molecule has 1 heterocycles. The number of benzene rings is 1. The minimum atomic E-state index is 0.0700. The first kappa shape index (κ1) is 16.7. The molecule has 108 valence electrons. The maximum atomic E-state index is 6.29. The Kier molecular flexibility index (Phi) is 6.26. The Bertz CT molecular complexity index is 588. The molecule has 0 aliphatic carbocycles. The van der Waals surface area contributed by atoms with E-state index in [2.05, 4.69) is 34.3 Å². The summed E-state index contributed by atoms with van der Waals surface area (Å²) >= 11 is 19.2. The van der Waals surface area contributed by atoms with E-state index in [1.165, 1.54) is 4.88 Å². The smallest absolute Gasteiger partial charge is 0.0590 e. The Morgan fingerprint density at radius 2 is 2.10 bits per heavy atom. The molecule has 0 aliphatic rings. The number of nitrogens with two attached hydrogens (primary N) is 1. The molecular weight excluding hydrogens is 397 g/mol. The van der Waals surface area contributed by atoms with Crippen molar-refractivity contribution in [3.05, 3.63) is 49.0 Å². The molecular formula is C14H14BrCl2NS2. The molecule has 1 aromatic carbocycles. The summed E-state index contributed by atoms with van der Waals surface area (Å²) in [4.78, 5) is 2.21. The van der Waals surface area contributed by atoms with Crippen molar-refractivity contribution in [2.24, 2.45) is 5.73 Å². The van der Waals surface area contributed by atoms with Crippen LogP contribution in [0.5, 0.6) is 0 Å². The van der Waals surface area contributed by atoms with Crippen molar-refractivity contribution in [3.8, 4) is 0 Å². The predicted octanol–water partition coefficient (Wildman–Crippen LogP) is 6.39. The molecule has 20 heavy (non-hydrogen) atoms. The highest BCUT2D eigenvalue weighted by Crippen LogP contribution is 2.44. The van der Waals surface area contributed by atoms with Crippen LogP contribution in [0.3, 0.4) is 0 Å². The van der Waals surface area contributed by atoms with Gasteiger partial charge in [0.1, 0.15) is 0 Å². The molecule has 6 heteroatoms. The van der Waals surface area contributed by atoms with Gasteiger partial charge in [-0.3, -0.25) is 0 Å². The molecule has 2 rings (SSSR count). The molecule has 0 radical (unpaired) electrons. The van der Waals surface area contributed by atoms with E-state index in [1.54, 1.807) is 29.2 Å². The molecule has 2 unspecified atom stereocenters. The highest BCUT2D eigenvalue weighted by Gasteiger charge is 2.22. The largest absolute Gasteiger partial charge is 0.326 e. The summed E-state index contributed by atoms with van der Waals surface area (Å²) in [6, 6.07) is 7.71. The van der Waals surface area contributed by atoms with Gasteiger partial charge in [0.2, 0.25) is 0 Å². The fourth-order valence-corrected chi connectivity index (χ4v) is 5.25. The van der Waals surface area contributed by atoms with Gasteiger partial charge in [-0.25, -0.2) is 0 Å². The van der Waals surface area contributed by atoms with E-state index < -0.39 is 0 Å². The first-order valence-electron chi connectivity index (χ1n) is 6.12. The summed E-state index contributed by atoms with van der Waals surface area (Å²) in [7, 11) is 0. The number of halogens is 3. The third kappa shape index (κ3) is 4.15. The van der Waals surface area contributed by atoms with E-state index in [1.807, 2.05) is 12.1 Å². The quantitative estimate of drug-likeness (QED) is 0.578. The first-order valence-corrected chi connectivity index (χ1v) is 9.43. The van der Waals surface area contributed by atoms with E-state index in [0.717, 1.165) is 15.8 Å². The summed E-state index contributed by atoms with van der Waals surface area (Å²) in [5, 5.41) is 3.65. The zero-order valence-electron chi connectivity index (χ0n) is 10.8. The van der Waals surface area contributed by atoms with Gasteiger partial charge in [-0.15, -0.1) is 23.1 Å². The van der Waals surface area contributed by atoms with Crippen molar-refractivity contribution in [3.63, 3.8) is 0 Å². The van der Waals surface area contributed by atoms with Crippen molar-refractivity contribution in [1.29, 1.82) is 0 Å². The van der Waals surface area contributed by atoms with Crippen LogP contribution in [0, 0.1) is 0 Å². The van der Waals surface area contributed by atoms with Crippen LogP contribution in [0.15, 0.2) is 39.0 Å². The molecule has 1 aromatic heterocycles. The van der Waals surface area contributed by atoms with E-state index in [9.17, 15) is 0 Å². The summed E-state index contributed by atoms with van der Waals surface area (Å²) in [5.41, 5.74) is 6.29. The highest BCUT2D eigenvalue weighted by atomic mass is 79.9. The summed E-state index contributed by atoms with van der Waals surface area (Å²) in [5.74, 6) is 0. The molecule has 0 bridgehead atoms. The molecule has 0 spiro atoms. The zero-order chi connectivity index (χ0) is 14.7. The third-order valence-corrected chi connectivity index (χ3v) is 6.93. The Labute approximate surface area is 146 Å². The minimum absolute atomic E-state index is 0.0700. The third-order valence-electron chi connectivity index (χ3n) is 2.88. The minimum Gasteiger partial charge on any atom is -0.326 e. The lowest BCUT2D eigenvalue weighted by molar-refractivity contribution is 0.640. The molecule has 0 fully saturated rings. The van der Waals surface area contributed by atoms with Gasteiger partial charge in [0.05, 0.1) is 10.3 Å². The fraction of sp³-hybridized carbons (Fsp3) is 0.286. The van der Waals surface area contributed by atoms with Gasteiger partial charge >= 0.3 is 0 Å². The molecule has 0 saturated carbocycles. The number of rotatable bonds is 5. The monoisotopic (exact) mass is 409 g/mol. The average molecular weight is 411 g/mol. The lowest BCUT2D eigenvalue weighted by atomic mass is 10.1. The highest BCUT2D eigenvalue weighted by molar-refractivity contribution is 9.10. The molecule has 2 aromatic rings. The number of hydrogen-bond acceptors (Lipinski definition) is 3. The van der Waals surface area contributed by atoms with Crippen molar-refractivity contribution >= 4 is 62.2 Å². The Hall–Kier alpha value is 0.290. The van der Waals surface area contributed by atoms with E-state index in [-0.39, 0.29) is 11.3 Å². The summed E-state index contributed by atoms with van der Waals surface area (Å²) in [6.45, 7) is 2.10. The van der Waals surface area contributed by atoms with Gasteiger partial charge in [-0.2, -0.15) is 0 Å².